The Kier molecular flexibility index (Phi) is 10.7. The van der Waals surface area contributed by atoms with Gasteiger partial charge in [0, 0.05) is 6.42 Å². The van der Waals surface area contributed by atoms with Crippen molar-refractivity contribution >= 4 is 18.2 Å². The highest BCUT2D eigenvalue weighted by atomic mass is 16.4. The zero-order chi connectivity index (χ0) is 13.1. The lowest BCUT2D eigenvalue weighted by molar-refractivity contribution is -0.141. The van der Waals surface area contributed by atoms with Gasteiger partial charge in [-0.3, -0.25) is 9.59 Å². The molecular formula is C10H20N2O4. The van der Waals surface area contributed by atoms with Crippen LogP contribution in [0.3, 0.4) is 0 Å². The number of rotatable bonds is 5. The van der Waals surface area contributed by atoms with E-state index in [2.05, 4.69) is 5.32 Å². The monoisotopic (exact) mass is 232 g/mol. The zero-order valence-electron chi connectivity index (χ0n) is 9.90. The zero-order valence-corrected chi connectivity index (χ0v) is 9.90. The number of hydrogen-bond donors (Lipinski definition) is 3. The van der Waals surface area contributed by atoms with Crippen LogP contribution in [0.2, 0.25) is 0 Å². The molecule has 2 atom stereocenters. The average Bonchev–Trinajstić information content (AvgIpc) is 2.19. The van der Waals surface area contributed by atoms with Gasteiger partial charge < -0.3 is 21.0 Å². The quantitative estimate of drug-likeness (QED) is 0.574. The lowest BCUT2D eigenvalue weighted by atomic mass is 10.3. The van der Waals surface area contributed by atoms with Gasteiger partial charge >= 0.3 is 5.97 Å². The molecule has 4 N–H and O–H groups in total. The van der Waals surface area contributed by atoms with Crippen molar-refractivity contribution in [1.29, 1.82) is 0 Å². The second-order valence-electron chi connectivity index (χ2n) is 3.31. The molecule has 0 aliphatic heterocycles. The molecule has 0 heterocycles. The minimum Gasteiger partial charge on any atom is -0.480 e. The van der Waals surface area contributed by atoms with E-state index in [-0.39, 0.29) is 0 Å². The van der Waals surface area contributed by atoms with E-state index in [4.69, 9.17) is 10.8 Å². The lowest BCUT2D eigenvalue weighted by Crippen LogP contribution is -2.45. The van der Waals surface area contributed by atoms with E-state index in [1.165, 1.54) is 13.8 Å². The number of aliphatic carboxylic acids is 1. The number of nitrogens with one attached hydrogen (secondary N) is 1. The summed E-state index contributed by atoms with van der Waals surface area (Å²) in [4.78, 5) is 30.4. The van der Waals surface area contributed by atoms with Crippen molar-refractivity contribution in [3.8, 4) is 0 Å². The molecule has 0 aromatic carbocycles. The topological polar surface area (TPSA) is 109 Å². The summed E-state index contributed by atoms with van der Waals surface area (Å²) in [5, 5.41) is 10.6. The third kappa shape index (κ3) is 10.6. The Hall–Kier alpha value is -1.43. The summed E-state index contributed by atoms with van der Waals surface area (Å²) in [5.74, 6) is -1.53. The maximum atomic E-state index is 10.8. The van der Waals surface area contributed by atoms with Crippen LogP contribution in [0.5, 0.6) is 0 Å². The maximum absolute atomic E-state index is 10.8. The van der Waals surface area contributed by atoms with Crippen LogP contribution in [-0.2, 0) is 14.4 Å². The molecule has 1 amide bonds. The molecule has 0 saturated heterocycles. The Labute approximate surface area is 95.2 Å². The van der Waals surface area contributed by atoms with Crippen molar-refractivity contribution < 1.29 is 19.5 Å². The number of hydrogen-bond acceptors (Lipinski definition) is 4. The van der Waals surface area contributed by atoms with Gasteiger partial charge in [0.1, 0.15) is 12.3 Å². The van der Waals surface area contributed by atoms with Crippen LogP contribution in [-0.4, -0.2) is 35.4 Å². The van der Waals surface area contributed by atoms with Crippen LogP contribution >= 0.6 is 0 Å². The smallest absolute Gasteiger partial charge is 0.325 e. The highest BCUT2D eigenvalue weighted by Gasteiger charge is 2.15. The van der Waals surface area contributed by atoms with Crippen LogP contribution < -0.4 is 11.1 Å². The first-order chi connectivity index (χ1) is 7.36. The van der Waals surface area contributed by atoms with Crippen LogP contribution in [0, 0.1) is 0 Å². The van der Waals surface area contributed by atoms with Crippen molar-refractivity contribution in [3.63, 3.8) is 0 Å². The first-order valence-electron chi connectivity index (χ1n) is 5.09. The normalized spacial score (nSPS) is 12.8. The first kappa shape index (κ1) is 17.0. The second kappa shape index (κ2) is 10.1. The predicted molar refractivity (Wildman–Crippen MR) is 59.9 cm³/mol. The fraction of sp³-hybridized carbons (Fsp3) is 0.700. The number of carboxylic acid groups (broad SMARTS) is 1. The van der Waals surface area contributed by atoms with Gasteiger partial charge in [-0.15, -0.1) is 0 Å². The molecule has 0 spiro atoms. The molecule has 0 fully saturated rings. The molecule has 0 bridgehead atoms. The van der Waals surface area contributed by atoms with Crippen LogP contribution in [0.25, 0.3) is 0 Å². The summed E-state index contributed by atoms with van der Waals surface area (Å²) < 4.78 is 0. The van der Waals surface area contributed by atoms with Crippen LogP contribution in [0.15, 0.2) is 0 Å². The van der Waals surface area contributed by atoms with Gasteiger partial charge in [0.15, 0.2) is 0 Å². The van der Waals surface area contributed by atoms with Gasteiger partial charge in [-0.05, 0) is 20.3 Å². The van der Waals surface area contributed by atoms with E-state index in [1.807, 2.05) is 6.92 Å². The van der Waals surface area contributed by atoms with Gasteiger partial charge in [0.25, 0.3) is 0 Å². The lowest BCUT2D eigenvalue weighted by Gasteiger charge is -2.10. The van der Waals surface area contributed by atoms with E-state index in [0.29, 0.717) is 6.42 Å². The van der Waals surface area contributed by atoms with Gasteiger partial charge in [-0.2, -0.15) is 0 Å². The van der Waals surface area contributed by atoms with Gasteiger partial charge in [-0.1, -0.05) is 6.92 Å². The molecule has 16 heavy (non-hydrogen) atoms. The van der Waals surface area contributed by atoms with Gasteiger partial charge in [0.05, 0.1) is 6.04 Å². The van der Waals surface area contributed by atoms with Crippen molar-refractivity contribution in [1.82, 2.24) is 5.32 Å². The average molecular weight is 232 g/mol. The van der Waals surface area contributed by atoms with Crippen molar-refractivity contribution in [2.24, 2.45) is 5.73 Å². The van der Waals surface area contributed by atoms with Crippen LogP contribution in [0.4, 0.5) is 0 Å². The van der Waals surface area contributed by atoms with E-state index in [9.17, 15) is 14.4 Å². The molecule has 0 radical (unpaired) electrons. The summed E-state index contributed by atoms with van der Waals surface area (Å²) in [6.45, 7) is 4.85. The Morgan fingerprint density at radius 3 is 2.12 bits per heavy atom. The van der Waals surface area contributed by atoms with Crippen molar-refractivity contribution in [2.45, 2.75) is 45.7 Å². The number of nitrogens with two attached hydrogens (primary N) is 1. The standard InChI is InChI=1S/C6H12N2O3.C4H8O/c1-3(7)5(9)8-4(2)6(10)11;1-2-3-4-5/h3-4H,7H2,1-2H3,(H,8,9)(H,10,11);4H,2-3H2,1H3/t3-,4-;/m0./s1. The number of amides is 1. The fourth-order valence-corrected chi connectivity index (χ4v) is 0.524. The predicted octanol–water partition coefficient (Wildman–Crippen LogP) is -0.0917. The van der Waals surface area contributed by atoms with E-state index >= 15 is 0 Å². The Bertz CT molecular complexity index is 229. The van der Waals surface area contributed by atoms with Gasteiger partial charge in [0.2, 0.25) is 5.91 Å². The van der Waals surface area contributed by atoms with E-state index < -0.39 is 24.0 Å². The molecule has 0 rings (SSSR count). The van der Waals surface area contributed by atoms with E-state index in [0.717, 1.165) is 12.7 Å². The SMILES string of the molecule is CCCC=O.C[C@H](N)C(=O)N[C@@H](C)C(=O)O. The number of carbonyl (C=O) groups excluding carboxylic acids is 2. The highest BCUT2D eigenvalue weighted by molar-refractivity contribution is 5.86. The number of unbranched alkanes of at least 4 members (excludes halogenated alkanes) is 1. The van der Waals surface area contributed by atoms with E-state index in [1.54, 1.807) is 0 Å². The molecule has 0 aliphatic carbocycles. The number of aldehydes is 1. The minimum atomic E-state index is -1.07. The number of carbonyl (C=O) groups is 3. The summed E-state index contributed by atoms with van der Waals surface area (Å²) >= 11 is 0. The largest absolute Gasteiger partial charge is 0.480 e. The summed E-state index contributed by atoms with van der Waals surface area (Å²) in [7, 11) is 0. The fourth-order valence-electron chi connectivity index (χ4n) is 0.524. The molecule has 6 nitrogen and oxygen atoms in total. The molecule has 0 aliphatic rings. The Morgan fingerprint density at radius 1 is 1.44 bits per heavy atom. The summed E-state index contributed by atoms with van der Waals surface area (Å²) in [6.07, 6.45) is 2.61. The third-order valence-corrected chi connectivity index (χ3v) is 1.55. The summed E-state index contributed by atoms with van der Waals surface area (Å²) in [5.41, 5.74) is 5.18. The van der Waals surface area contributed by atoms with Crippen molar-refractivity contribution in [2.75, 3.05) is 0 Å². The highest BCUT2D eigenvalue weighted by Crippen LogP contribution is 1.83. The third-order valence-electron chi connectivity index (χ3n) is 1.55. The molecular weight excluding hydrogens is 212 g/mol. The molecule has 0 aromatic heterocycles. The molecule has 0 saturated carbocycles. The molecule has 94 valence electrons. The minimum absolute atomic E-state index is 0.458. The molecule has 0 aromatic rings. The second-order valence-corrected chi connectivity index (χ2v) is 3.31. The van der Waals surface area contributed by atoms with Gasteiger partial charge in [-0.25, -0.2) is 0 Å². The van der Waals surface area contributed by atoms with Crippen molar-refractivity contribution in [3.05, 3.63) is 0 Å². The number of carboxylic acids is 1. The molecule has 0 unspecified atom stereocenters. The maximum Gasteiger partial charge on any atom is 0.325 e. The molecule has 6 heteroatoms. The van der Waals surface area contributed by atoms with Crippen LogP contribution in [0.1, 0.15) is 33.6 Å². The Balaban J connectivity index is 0. The first-order valence-corrected chi connectivity index (χ1v) is 5.09. The Morgan fingerprint density at radius 2 is 1.94 bits per heavy atom. The summed E-state index contributed by atoms with van der Waals surface area (Å²) in [6, 6.07) is -1.55.